The van der Waals surface area contributed by atoms with Gasteiger partial charge in [0.2, 0.25) is 0 Å². The van der Waals surface area contributed by atoms with E-state index >= 15 is 0 Å². The lowest BCUT2D eigenvalue weighted by Gasteiger charge is -2.19. The molecule has 0 saturated heterocycles. The minimum Gasteiger partial charge on any atom is -0.480 e. The fraction of sp³-hybridized carbons (Fsp3) is 0.385. The van der Waals surface area contributed by atoms with E-state index in [4.69, 9.17) is 5.11 Å². The summed E-state index contributed by atoms with van der Waals surface area (Å²) in [6.07, 6.45) is 3.88. The largest absolute Gasteiger partial charge is 0.480 e. The summed E-state index contributed by atoms with van der Waals surface area (Å²) in [6, 6.07) is 3.46. The van der Waals surface area contributed by atoms with Crippen LogP contribution >= 0.6 is 0 Å². The second-order valence-corrected chi connectivity index (χ2v) is 4.58. The molecule has 0 amide bonds. The third-order valence-corrected chi connectivity index (χ3v) is 3.16. The van der Waals surface area contributed by atoms with E-state index in [-0.39, 0.29) is 0 Å². The zero-order valence-corrected chi connectivity index (χ0v) is 10.8. The van der Waals surface area contributed by atoms with Gasteiger partial charge in [-0.3, -0.25) is 9.69 Å². The number of hydrogen-bond acceptors (Lipinski definition) is 3. The lowest BCUT2D eigenvalue weighted by atomic mass is 10.3. The molecule has 2 aromatic rings. The zero-order chi connectivity index (χ0) is 13.3. The van der Waals surface area contributed by atoms with E-state index in [1.807, 2.05) is 35.9 Å². The summed E-state index contributed by atoms with van der Waals surface area (Å²) in [6.45, 7) is 4.20. The lowest BCUT2D eigenvalue weighted by Crippen LogP contribution is -2.35. The second-order valence-electron chi connectivity index (χ2n) is 4.58. The van der Waals surface area contributed by atoms with Crippen LogP contribution in [0.1, 0.15) is 18.2 Å². The van der Waals surface area contributed by atoms with Crippen LogP contribution in [0.3, 0.4) is 0 Å². The van der Waals surface area contributed by atoms with Crippen molar-refractivity contribution in [1.29, 1.82) is 0 Å². The van der Waals surface area contributed by atoms with Gasteiger partial charge in [-0.15, -0.1) is 0 Å². The maximum absolute atomic E-state index is 10.9. The van der Waals surface area contributed by atoms with Crippen LogP contribution < -0.4 is 0 Å². The maximum atomic E-state index is 10.9. The van der Waals surface area contributed by atoms with Crippen LogP contribution in [0.2, 0.25) is 0 Å². The first kappa shape index (κ1) is 12.6. The van der Waals surface area contributed by atoms with Gasteiger partial charge in [-0.2, -0.15) is 0 Å². The molecule has 0 aliphatic rings. The number of likely N-dealkylation sites (N-methyl/N-ethyl adjacent to an activating group) is 1. The molecule has 0 bridgehead atoms. The van der Waals surface area contributed by atoms with Gasteiger partial charge in [-0.1, -0.05) is 6.07 Å². The van der Waals surface area contributed by atoms with Crippen molar-refractivity contribution < 1.29 is 9.90 Å². The topological polar surface area (TPSA) is 57.8 Å². The highest BCUT2D eigenvalue weighted by molar-refractivity contribution is 5.72. The quantitative estimate of drug-likeness (QED) is 0.890. The SMILES string of the molecule is Cc1cccn2cc(CN(C)C(C)C(=O)O)nc12. The number of aromatic nitrogens is 2. The van der Waals surface area contributed by atoms with Gasteiger partial charge in [-0.05, 0) is 32.5 Å². The summed E-state index contributed by atoms with van der Waals surface area (Å²) in [7, 11) is 1.79. The highest BCUT2D eigenvalue weighted by Crippen LogP contribution is 2.12. The molecule has 0 radical (unpaired) electrons. The van der Waals surface area contributed by atoms with Crippen molar-refractivity contribution in [3.8, 4) is 0 Å². The molecule has 5 nitrogen and oxygen atoms in total. The Balaban J connectivity index is 2.22. The van der Waals surface area contributed by atoms with Crippen LogP contribution in [0.15, 0.2) is 24.5 Å². The van der Waals surface area contributed by atoms with Crippen molar-refractivity contribution in [3.05, 3.63) is 35.8 Å². The van der Waals surface area contributed by atoms with E-state index in [1.54, 1.807) is 18.9 Å². The summed E-state index contributed by atoms with van der Waals surface area (Å²) in [5.41, 5.74) is 2.90. The van der Waals surface area contributed by atoms with Gasteiger partial charge in [0.25, 0.3) is 0 Å². The number of carboxylic acid groups (broad SMARTS) is 1. The Labute approximate surface area is 106 Å². The number of pyridine rings is 1. The Morgan fingerprint density at radius 3 is 2.94 bits per heavy atom. The van der Waals surface area contributed by atoms with E-state index in [2.05, 4.69) is 4.98 Å². The lowest BCUT2D eigenvalue weighted by molar-refractivity contribution is -0.142. The van der Waals surface area contributed by atoms with E-state index in [9.17, 15) is 4.79 Å². The number of rotatable bonds is 4. The van der Waals surface area contributed by atoms with Crippen molar-refractivity contribution in [2.75, 3.05) is 7.05 Å². The molecule has 18 heavy (non-hydrogen) atoms. The van der Waals surface area contributed by atoms with E-state index in [1.165, 1.54) is 0 Å². The average Bonchev–Trinajstić information content (AvgIpc) is 2.71. The van der Waals surface area contributed by atoms with Crippen LogP contribution in [0.25, 0.3) is 5.65 Å². The molecule has 1 atom stereocenters. The normalized spacial score (nSPS) is 13.1. The fourth-order valence-electron chi connectivity index (χ4n) is 1.86. The van der Waals surface area contributed by atoms with E-state index in [0.717, 1.165) is 16.9 Å². The summed E-state index contributed by atoms with van der Waals surface area (Å²) >= 11 is 0. The smallest absolute Gasteiger partial charge is 0.320 e. The van der Waals surface area contributed by atoms with Crippen molar-refractivity contribution >= 4 is 11.6 Å². The number of nitrogens with zero attached hydrogens (tertiary/aromatic N) is 3. The summed E-state index contributed by atoms with van der Waals surface area (Å²) in [4.78, 5) is 17.2. The third kappa shape index (κ3) is 2.36. The van der Waals surface area contributed by atoms with Crippen molar-refractivity contribution in [3.63, 3.8) is 0 Å². The van der Waals surface area contributed by atoms with Crippen LogP contribution in [-0.4, -0.2) is 38.4 Å². The van der Waals surface area contributed by atoms with Crippen molar-refractivity contribution in [2.45, 2.75) is 26.4 Å². The van der Waals surface area contributed by atoms with Gasteiger partial charge < -0.3 is 9.51 Å². The first-order chi connectivity index (χ1) is 8.49. The fourth-order valence-corrected chi connectivity index (χ4v) is 1.86. The van der Waals surface area contributed by atoms with Gasteiger partial charge >= 0.3 is 5.97 Å². The Hall–Kier alpha value is -1.88. The summed E-state index contributed by atoms with van der Waals surface area (Å²) in [5.74, 6) is -0.822. The first-order valence-corrected chi connectivity index (χ1v) is 5.85. The first-order valence-electron chi connectivity index (χ1n) is 5.85. The molecule has 1 N–H and O–H groups in total. The second kappa shape index (κ2) is 4.78. The number of aryl methyl sites for hydroxylation is 1. The zero-order valence-electron chi connectivity index (χ0n) is 10.8. The molecule has 0 spiro atoms. The van der Waals surface area contributed by atoms with Crippen LogP contribution in [-0.2, 0) is 11.3 Å². The molecule has 96 valence electrons. The predicted molar refractivity (Wildman–Crippen MR) is 68.5 cm³/mol. The number of imidazole rings is 1. The van der Waals surface area contributed by atoms with E-state index < -0.39 is 12.0 Å². The van der Waals surface area contributed by atoms with E-state index in [0.29, 0.717) is 6.54 Å². The van der Waals surface area contributed by atoms with Gasteiger partial charge in [-0.25, -0.2) is 4.98 Å². The molecule has 5 heteroatoms. The van der Waals surface area contributed by atoms with Crippen molar-refractivity contribution in [2.24, 2.45) is 0 Å². The molecule has 1 unspecified atom stereocenters. The molecule has 0 saturated carbocycles. The molecular weight excluding hydrogens is 230 g/mol. The van der Waals surface area contributed by atoms with Crippen LogP contribution in [0, 0.1) is 6.92 Å². The molecule has 0 fully saturated rings. The molecule has 2 heterocycles. The van der Waals surface area contributed by atoms with Gasteiger partial charge in [0.1, 0.15) is 11.7 Å². The Bertz CT molecular complexity index is 577. The summed E-state index contributed by atoms with van der Waals surface area (Å²) in [5, 5.41) is 8.95. The predicted octanol–water partition coefficient (Wildman–Crippen LogP) is 1.55. The molecule has 0 aromatic carbocycles. The number of carboxylic acids is 1. The Morgan fingerprint density at radius 1 is 1.61 bits per heavy atom. The highest BCUT2D eigenvalue weighted by atomic mass is 16.4. The summed E-state index contributed by atoms with van der Waals surface area (Å²) < 4.78 is 1.96. The molecule has 2 rings (SSSR count). The average molecular weight is 247 g/mol. The highest BCUT2D eigenvalue weighted by Gasteiger charge is 2.17. The standard InChI is InChI=1S/C13H17N3O2/c1-9-5-4-6-16-8-11(14-12(9)16)7-15(3)10(2)13(17)18/h4-6,8,10H,7H2,1-3H3,(H,17,18). The monoisotopic (exact) mass is 247 g/mol. The van der Waals surface area contributed by atoms with Crippen molar-refractivity contribution in [1.82, 2.24) is 14.3 Å². The number of aliphatic carboxylic acids is 1. The number of fused-ring (bicyclic) bond motifs is 1. The molecular formula is C13H17N3O2. The van der Waals surface area contributed by atoms with Gasteiger partial charge in [0.05, 0.1) is 5.69 Å². The molecule has 0 aliphatic heterocycles. The molecule has 2 aromatic heterocycles. The number of carbonyl (C=O) groups is 1. The Kier molecular flexibility index (Phi) is 3.34. The number of hydrogen-bond donors (Lipinski definition) is 1. The Morgan fingerprint density at radius 2 is 2.33 bits per heavy atom. The van der Waals surface area contributed by atoms with Crippen LogP contribution in [0.4, 0.5) is 0 Å². The minimum absolute atomic E-state index is 0.518. The van der Waals surface area contributed by atoms with Crippen LogP contribution in [0.5, 0.6) is 0 Å². The minimum atomic E-state index is -0.822. The van der Waals surface area contributed by atoms with Gasteiger partial charge in [0, 0.05) is 18.9 Å². The third-order valence-electron chi connectivity index (χ3n) is 3.16. The molecule has 0 aliphatic carbocycles. The maximum Gasteiger partial charge on any atom is 0.320 e. The van der Waals surface area contributed by atoms with Gasteiger partial charge in [0.15, 0.2) is 0 Å².